The number of aromatic nitrogens is 3. The third kappa shape index (κ3) is 8.29. The molecule has 35 heavy (non-hydrogen) atoms. The van der Waals surface area contributed by atoms with Crippen LogP contribution in [0.5, 0.6) is 0 Å². The number of anilines is 1. The molecular formula is C25H41N5O5. The minimum Gasteiger partial charge on any atom is -0.426 e. The molecule has 10 heteroatoms. The minimum absolute atomic E-state index is 0.477. The van der Waals surface area contributed by atoms with Crippen molar-refractivity contribution in [1.29, 1.82) is 0 Å². The molecule has 196 valence electrons. The Morgan fingerprint density at radius 2 is 1.71 bits per heavy atom. The van der Waals surface area contributed by atoms with Gasteiger partial charge in [-0.25, -0.2) is 24.5 Å². The van der Waals surface area contributed by atoms with E-state index < -0.39 is 23.4 Å². The van der Waals surface area contributed by atoms with Crippen molar-refractivity contribution in [3.63, 3.8) is 0 Å². The molecule has 3 N–H and O–H groups in total. The fourth-order valence-electron chi connectivity index (χ4n) is 3.89. The molecule has 0 radical (unpaired) electrons. The van der Waals surface area contributed by atoms with Crippen LogP contribution in [0, 0.1) is 13.8 Å². The van der Waals surface area contributed by atoms with Gasteiger partial charge in [0.2, 0.25) is 0 Å². The number of hydrogen-bond donors (Lipinski definition) is 2. The molecule has 0 aliphatic heterocycles. The first-order valence-electron chi connectivity index (χ1n) is 12.3. The highest BCUT2D eigenvalue weighted by Crippen LogP contribution is 2.27. The van der Waals surface area contributed by atoms with Crippen LogP contribution in [0.4, 0.5) is 15.4 Å². The van der Waals surface area contributed by atoms with E-state index >= 15 is 0 Å². The number of unbranched alkanes of at least 4 members (excludes halogenated alkanes) is 2. The number of pyridine rings is 1. The number of hydrogen-bond acceptors (Lipinski definition) is 8. The second kappa shape index (κ2) is 11.6. The maximum atomic E-state index is 11.9. The third-order valence-corrected chi connectivity index (χ3v) is 5.63. The van der Waals surface area contributed by atoms with E-state index in [9.17, 15) is 9.59 Å². The zero-order chi connectivity index (χ0) is 26.4. The van der Waals surface area contributed by atoms with Crippen LogP contribution >= 0.6 is 0 Å². The molecule has 2 aromatic rings. The highest BCUT2D eigenvalue weighted by molar-refractivity contribution is 5.88. The lowest BCUT2D eigenvalue weighted by Gasteiger charge is -2.24. The van der Waals surface area contributed by atoms with E-state index in [2.05, 4.69) is 38.5 Å². The molecular weight excluding hydrogens is 450 g/mol. The Bertz CT molecular complexity index is 1040. The number of nitrogen functional groups attached to an aromatic ring is 1. The first-order chi connectivity index (χ1) is 16.2. The number of fused-ring (bicyclic) bond motifs is 1. The number of amides is 1. The van der Waals surface area contributed by atoms with Gasteiger partial charge in [-0.15, -0.1) is 0 Å². The molecule has 0 spiro atoms. The van der Waals surface area contributed by atoms with E-state index in [1.165, 1.54) is 0 Å². The highest BCUT2D eigenvalue weighted by atomic mass is 17.2. The molecule has 10 nitrogen and oxygen atoms in total. The molecule has 0 aliphatic carbocycles. The third-order valence-electron chi connectivity index (χ3n) is 5.63. The van der Waals surface area contributed by atoms with Gasteiger partial charge < -0.3 is 20.4 Å². The number of ether oxygens (including phenoxy) is 1. The maximum absolute atomic E-state index is 11.9. The molecule has 2 rings (SSSR count). The molecule has 0 aromatic carbocycles. The van der Waals surface area contributed by atoms with Crippen molar-refractivity contribution in [1.82, 2.24) is 19.9 Å². The largest absolute Gasteiger partial charge is 0.550 e. The molecule has 0 bridgehead atoms. The summed E-state index contributed by atoms with van der Waals surface area (Å²) in [6.45, 7) is 15.9. The Morgan fingerprint density at radius 3 is 2.34 bits per heavy atom. The predicted octanol–water partition coefficient (Wildman–Crippen LogP) is 5.51. The van der Waals surface area contributed by atoms with Crippen LogP contribution in [0.3, 0.4) is 0 Å². The van der Waals surface area contributed by atoms with Crippen LogP contribution in [0.1, 0.15) is 90.7 Å². The predicted molar refractivity (Wildman–Crippen MR) is 135 cm³/mol. The SMILES string of the molecule is CCCc1nc2c(N)nc(C)c(C)c2n1CCCCCC(C)(C)OC(=O)OOC(=O)NC(C)(C)C. The van der Waals surface area contributed by atoms with Crippen molar-refractivity contribution in [2.75, 3.05) is 5.73 Å². The molecule has 2 aromatic heterocycles. The number of carbonyl (C=O) groups is 2. The van der Waals surface area contributed by atoms with Crippen molar-refractivity contribution in [2.24, 2.45) is 0 Å². The second-order valence-electron chi connectivity index (χ2n) is 10.6. The lowest BCUT2D eigenvalue weighted by molar-refractivity contribution is -0.211. The standard InChI is InChI=1S/C25H41N5O5/c1-9-13-18-28-19-20(16(2)17(3)27-21(19)26)30(18)15-12-10-11-14-25(7,8)33-23(32)35-34-22(31)29-24(4,5)6/h9-15H2,1-8H3,(H2,26,27)(H,29,31). The number of aryl methyl sites for hydroxylation is 4. The van der Waals surface area contributed by atoms with Crippen LogP contribution in [-0.2, 0) is 27.5 Å². The fourth-order valence-corrected chi connectivity index (χ4v) is 3.89. The summed E-state index contributed by atoms with van der Waals surface area (Å²) in [6, 6.07) is 0. The van der Waals surface area contributed by atoms with Crippen LogP contribution in [-0.4, -0.2) is 37.9 Å². The average Bonchev–Trinajstić information content (AvgIpc) is 3.08. The number of nitrogens with one attached hydrogen (secondary N) is 1. The molecule has 0 fully saturated rings. The Hall–Kier alpha value is -3.04. The highest BCUT2D eigenvalue weighted by Gasteiger charge is 2.26. The van der Waals surface area contributed by atoms with Gasteiger partial charge >= 0.3 is 12.2 Å². The maximum Gasteiger partial charge on any atom is 0.550 e. The van der Waals surface area contributed by atoms with Crippen molar-refractivity contribution in [3.05, 3.63) is 17.1 Å². The summed E-state index contributed by atoms with van der Waals surface area (Å²) in [5.41, 5.74) is 8.77. The van der Waals surface area contributed by atoms with E-state index in [1.807, 2.05) is 6.92 Å². The second-order valence-corrected chi connectivity index (χ2v) is 10.6. The van der Waals surface area contributed by atoms with Gasteiger partial charge in [0.25, 0.3) is 0 Å². The number of nitrogens with zero attached hydrogens (tertiary/aromatic N) is 3. The zero-order valence-electron chi connectivity index (χ0n) is 22.4. The quantitative estimate of drug-likeness (QED) is 0.203. The van der Waals surface area contributed by atoms with E-state index in [1.54, 1.807) is 34.6 Å². The summed E-state index contributed by atoms with van der Waals surface area (Å²) in [7, 11) is 0. The summed E-state index contributed by atoms with van der Waals surface area (Å²) in [6.07, 6.45) is 3.34. The Kier molecular flexibility index (Phi) is 9.34. The number of nitrogens with two attached hydrogens (primary N) is 1. The molecule has 0 unspecified atom stereocenters. The topological polar surface area (TPSA) is 131 Å². The summed E-state index contributed by atoms with van der Waals surface area (Å²) in [5, 5.41) is 2.52. The van der Waals surface area contributed by atoms with Crippen molar-refractivity contribution in [2.45, 2.75) is 112 Å². The van der Waals surface area contributed by atoms with E-state index in [0.717, 1.165) is 66.8 Å². The van der Waals surface area contributed by atoms with Gasteiger partial charge in [-0.1, -0.05) is 13.3 Å². The monoisotopic (exact) mass is 491 g/mol. The van der Waals surface area contributed by atoms with Crippen molar-refractivity contribution in [3.8, 4) is 0 Å². The van der Waals surface area contributed by atoms with Crippen molar-refractivity contribution < 1.29 is 24.1 Å². The smallest absolute Gasteiger partial charge is 0.426 e. The van der Waals surface area contributed by atoms with Gasteiger partial charge in [-0.3, -0.25) is 0 Å². The fraction of sp³-hybridized carbons (Fsp3) is 0.680. The average molecular weight is 492 g/mol. The molecule has 2 heterocycles. The molecule has 0 saturated heterocycles. The lowest BCUT2D eigenvalue weighted by Crippen LogP contribution is -2.41. The molecule has 0 aliphatic rings. The summed E-state index contributed by atoms with van der Waals surface area (Å²) in [5.74, 6) is 1.51. The van der Waals surface area contributed by atoms with Gasteiger partial charge in [0.15, 0.2) is 5.82 Å². The first-order valence-corrected chi connectivity index (χ1v) is 12.3. The molecule has 1 amide bonds. The molecule has 0 atom stereocenters. The van der Waals surface area contributed by atoms with Crippen LogP contribution < -0.4 is 11.1 Å². The van der Waals surface area contributed by atoms with E-state index in [-0.39, 0.29) is 0 Å². The number of imidazole rings is 1. The van der Waals surface area contributed by atoms with Gasteiger partial charge in [0, 0.05) is 24.2 Å². The number of rotatable bonds is 9. The zero-order valence-corrected chi connectivity index (χ0v) is 22.4. The van der Waals surface area contributed by atoms with Crippen molar-refractivity contribution >= 4 is 29.1 Å². The van der Waals surface area contributed by atoms with E-state index in [0.29, 0.717) is 12.2 Å². The van der Waals surface area contributed by atoms with Gasteiger partial charge in [0.05, 0.1) is 5.52 Å². The summed E-state index contributed by atoms with van der Waals surface area (Å²) in [4.78, 5) is 41.6. The minimum atomic E-state index is -1.05. The number of carbonyl (C=O) groups excluding carboxylic acids is 2. The normalized spacial score (nSPS) is 12.0. The van der Waals surface area contributed by atoms with Gasteiger partial charge in [-0.2, -0.15) is 4.79 Å². The van der Waals surface area contributed by atoms with Gasteiger partial charge in [-0.05, 0) is 79.7 Å². The van der Waals surface area contributed by atoms with Crippen LogP contribution in [0.15, 0.2) is 0 Å². The van der Waals surface area contributed by atoms with Crippen LogP contribution in [0.2, 0.25) is 0 Å². The lowest BCUT2D eigenvalue weighted by atomic mass is 10.0. The summed E-state index contributed by atoms with van der Waals surface area (Å²) < 4.78 is 7.60. The summed E-state index contributed by atoms with van der Waals surface area (Å²) >= 11 is 0. The van der Waals surface area contributed by atoms with Gasteiger partial charge in [0.1, 0.15) is 16.9 Å². The van der Waals surface area contributed by atoms with E-state index in [4.69, 9.17) is 15.5 Å². The first kappa shape index (κ1) is 28.2. The Morgan fingerprint density at radius 1 is 1.03 bits per heavy atom. The Labute approximate surface area is 207 Å². The molecule has 0 saturated carbocycles. The van der Waals surface area contributed by atoms with Crippen LogP contribution in [0.25, 0.3) is 11.0 Å². The Balaban J connectivity index is 1.87.